The molecule has 0 aromatic carbocycles. The molecule has 5 nitrogen and oxygen atoms in total. The van der Waals surface area contributed by atoms with Gasteiger partial charge in [-0.3, -0.25) is 4.68 Å². The van der Waals surface area contributed by atoms with Crippen molar-refractivity contribution in [2.75, 3.05) is 13.2 Å². The third-order valence-corrected chi connectivity index (χ3v) is 3.05. The first-order valence-electron chi connectivity index (χ1n) is 6.72. The maximum atomic E-state index is 9.83. The zero-order valence-electron chi connectivity index (χ0n) is 12.9. The summed E-state index contributed by atoms with van der Waals surface area (Å²) >= 11 is 0. The molecule has 5 heteroatoms. The highest BCUT2D eigenvalue weighted by Gasteiger charge is 2.14. The summed E-state index contributed by atoms with van der Waals surface area (Å²) in [7, 11) is 1.94. The normalized spacial score (nSPS) is 13.8. The van der Waals surface area contributed by atoms with Gasteiger partial charge in [0.05, 0.1) is 24.0 Å². The van der Waals surface area contributed by atoms with E-state index in [-0.39, 0.29) is 5.60 Å². The summed E-state index contributed by atoms with van der Waals surface area (Å²) in [4.78, 5) is 0. The predicted molar refractivity (Wildman–Crippen MR) is 76.1 cm³/mol. The van der Waals surface area contributed by atoms with Gasteiger partial charge in [-0.1, -0.05) is 0 Å². The molecule has 0 spiro atoms. The van der Waals surface area contributed by atoms with Crippen molar-refractivity contribution < 1.29 is 9.84 Å². The lowest BCUT2D eigenvalue weighted by Crippen LogP contribution is -2.33. The van der Waals surface area contributed by atoms with E-state index < -0.39 is 6.10 Å². The third-order valence-electron chi connectivity index (χ3n) is 3.05. The monoisotopic (exact) mass is 269 g/mol. The Morgan fingerprint density at radius 3 is 2.47 bits per heavy atom. The number of aryl methyl sites for hydroxylation is 2. The van der Waals surface area contributed by atoms with Crippen LogP contribution in [0.5, 0.6) is 0 Å². The Balaban J connectivity index is 2.34. The number of aromatic nitrogens is 2. The molecule has 1 aromatic heterocycles. The van der Waals surface area contributed by atoms with Crippen LogP contribution in [0.2, 0.25) is 0 Å². The number of hydrogen-bond donors (Lipinski definition) is 2. The SMILES string of the molecule is Cc1nn(C)c(C)c1CNCC(O)COC(C)(C)C. The van der Waals surface area contributed by atoms with Gasteiger partial charge in [0, 0.05) is 31.4 Å². The van der Waals surface area contributed by atoms with Gasteiger partial charge in [-0.2, -0.15) is 5.10 Å². The van der Waals surface area contributed by atoms with Crippen molar-refractivity contribution in [1.29, 1.82) is 0 Å². The molecule has 0 amide bonds. The average molecular weight is 269 g/mol. The Morgan fingerprint density at radius 1 is 1.37 bits per heavy atom. The fourth-order valence-corrected chi connectivity index (χ4v) is 1.84. The van der Waals surface area contributed by atoms with E-state index in [2.05, 4.69) is 17.3 Å². The molecule has 2 N–H and O–H groups in total. The maximum absolute atomic E-state index is 9.83. The Kier molecular flexibility index (Phi) is 5.52. The van der Waals surface area contributed by atoms with Crippen LogP contribution in [0.15, 0.2) is 0 Å². The molecule has 0 aliphatic heterocycles. The number of ether oxygens (including phenoxy) is 1. The zero-order valence-corrected chi connectivity index (χ0v) is 12.9. The summed E-state index contributed by atoms with van der Waals surface area (Å²) < 4.78 is 7.42. The van der Waals surface area contributed by atoms with Gasteiger partial charge < -0.3 is 15.2 Å². The Morgan fingerprint density at radius 2 is 2.00 bits per heavy atom. The molecule has 0 saturated heterocycles. The van der Waals surface area contributed by atoms with E-state index in [1.807, 2.05) is 39.4 Å². The number of nitrogens with one attached hydrogen (secondary N) is 1. The predicted octanol–water partition coefficient (Wildman–Crippen LogP) is 1.30. The minimum atomic E-state index is -0.489. The van der Waals surface area contributed by atoms with Gasteiger partial charge in [0.25, 0.3) is 0 Å². The molecular formula is C14H27N3O2. The van der Waals surface area contributed by atoms with Gasteiger partial charge in [-0.15, -0.1) is 0 Å². The van der Waals surface area contributed by atoms with Crippen LogP contribution in [0, 0.1) is 13.8 Å². The lowest BCUT2D eigenvalue weighted by atomic mass is 10.2. The van der Waals surface area contributed by atoms with Crippen molar-refractivity contribution >= 4 is 0 Å². The van der Waals surface area contributed by atoms with Crippen LogP contribution in [0.3, 0.4) is 0 Å². The molecular weight excluding hydrogens is 242 g/mol. The van der Waals surface area contributed by atoms with Crippen molar-refractivity contribution in [2.24, 2.45) is 7.05 Å². The third kappa shape index (κ3) is 5.30. The highest BCUT2D eigenvalue weighted by molar-refractivity contribution is 5.23. The fourth-order valence-electron chi connectivity index (χ4n) is 1.84. The lowest BCUT2D eigenvalue weighted by molar-refractivity contribution is -0.0479. The molecule has 110 valence electrons. The van der Waals surface area contributed by atoms with Gasteiger partial charge in [0.15, 0.2) is 0 Å². The molecule has 1 unspecified atom stereocenters. The highest BCUT2D eigenvalue weighted by Crippen LogP contribution is 2.11. The molecule has 0 bridgehead atoms. The molecule has 1 atom stereocenters. The van der Waals surface area contributed by atoms with Gasteiger partial charge >= 0.3 is 0 Å². The number of aliphatic hydroxyl groups is 1. The second-order valence-electron chi connectivity index (χ2n) is 5.98. The summed E-state index contributed by atoms with van der Waals surface area (Å²) in [6.07, 6.45) is -0.489. The van der Waals surface area contributed by atoms with Crippen LogP contribution in [0.1, 0.15) is 37.7 Å². The van der Waals surface area contributed by atoms with E-state index in [0.717, 1.165) is 17.9 Å². The van der Waals surface area contributed by atoms with Crippen LogP contribution < -0.4 is 5.32 Å². The minimum Gasteiger partial charge on any atom is -0.389 e. The van der Waals surface area contributed by atoms with E-state index in [4.69, 9.17) is 4.74 Å². The van der Waals surface area contributed by atoms with E-state index >= 15 is 0 Å². The summed E-state index contributed by atoms with van der Waals surface area (Å²) in [5, 5.41) is 17.4. The van der Waals surface area contributed by atoms with E-state index in [1.165, 1.54) is 5.56 Å². The highest BCUT2D eigenvalue weighted by atomic mass is 16.5. The molecule has 19 heavy (non-hydrogen) atoms. The first kappa shape index (κ1) is 16.1. The Labute approximate surface area is 116 Å². The summed E-state index contributed by atoms with van der Waals surface area (Å²) in [6, 6.07) is 0. The molecule has 1 aromatic rings. The van der Waals surface area contributed by atoms with Gasteiger partial charge in [-0.05, 0) is 34.6 Å². The number of hydrogen-bond acceptors (Lipinski definition) is 4. The topological polar surface area (TPSA) is 59.3 Å². The Hall–Kier alpha value is -0.910. The largest absolute Gasteiger partial charge is 0.389 e. The van der Waals surface area contributed by atoms with Crippen LogP contribution >= 0.6 is 0 Å². The van der Waals surface area contributed by atoms with Gasteiger partial charge in [-0.25, -0.2) is 0 Å². The first-order valence-corrected chi connectivity index (χ1v) is 6.72. The van der Waals surface area contributed by atoms with Crippen molar-refractivity contribution in [3.8, 4) is 0 Å². The molecule has 0 aliphatic rings. The standard InChI is InChI=1S/C14H27N3O2/c1-10-13(11(2)17(6)16-10)8-15-7-12(18)9-19-14(3,4)5/h12,15,18H,7-9H2,1-6H3. The van der Waals surface area contributed by atoms with E-state index in [1.54, 1.807) is 0 Å². The molecule has 0 aliphatic carbocycles. The summed E-state index contributed by atoms with van der Waals surface area (Å²) in [6.45, 7) is 11.6. The van der Waals surface area contributed by atoms with Crippen molar-refractivity contribution in [1.82, 2.24) is 15.1 Å². The number of nitrogens with zero attached hydrogens (tertiary/aromatic N) is 2. The molecule has 0 saturated carbocycles. The van der Waals surface area contributed by atoms with Crippen molar-refractivity contribution in [3.63, 3.8) is 0 Å². The van der Waals surface area contributed by atoms with Crippen LogP contribution in [-0.4, -0.2) is 39.7 Å². The molecule has 0 fully saturated rings. The molecule has 1 heterocycles. The number of aliphatic hydroxyl groups excluding tert-OH is 1. The summed E-state index contributed by atoms with van der Waals surface area (Å²) in [5.41, 5.74) is 3.18. The van der Waals surface area contributed by atoms with E-state index in [9.17, 15) is 5.11 Å². The fraction of sp³-hybridized carbons (Fsp3) is 0.786. The minimum absolute atomic E-state index is 0.211. The molecule has 1 rings (SSSR count). The molecule has 0 radical (unpaired) electrons. The second-order valence-corrected chi connectivity index (χ2v) is 5.98. The van der Waals surface area contributed by atoms with Crippen LogP contribution in [0.25, 0.3) is 0 Å². The lowest BCUT2D eigenvalue weighted by Gasteiger charge is -2.22. The quantitative estimate of drug-likeness (QED) is 0.817. The van der Waals surface area contributed by atoms with Crippen LogP contribution in [0.4, 0.5) is 0 Å². The van der Waals surface area contributed by atoms with Crippen molar-refractivity contribution in [2.45, 2.75) is 52.9 Å². The van der Waals surface area contributed by atoms with Crippen molar-refractivity contribution in [3.05, 3.63) is 17.0 Å². The smallest absolute Gasteiger partial charge is 0.0898 e. The Bertz CT molecular complexity index is 408. The zero-order chi connectivity index (χ0) is 14.6. The number of rotatable bonds is 6. The maximum Gasteiger partial charge on any atom is 0.0898 e. The van der Waals surface area contributed by atoms with Gasteiger partial charge in [0.1, 0.15) is 0 Å². The van der Waals surface area contributed by atoms with Gasteiger partial charge in [0.2, 0.25) is 0 Å². The van der Waals surface area contributed by atoms with E-state index in [0.29, 0.717) is 13.2 Å². The summed E-state index contributed by atoms with van der Waals surface area (Å²) in [5.74, 6) is 0. The average Bonchev–Trinajstić information content (AvgIpc) is 2.52. The second kappa shape index (κ2) is 6.50. The van der Waals surface area contributed by atoms with Crippen LogP contribution in [-0.2, 0) is 18.3 Å². The first-order chi connectivity index (χ1) is 8.70.